The molecule has 40 heavy (non-hydrogen) atoms. The number of carbonyl (C=O) groups is 5. The molecule has 3 aromatic carbocycles. The average Bonchev–Trinajstić information content (AvgIpc) is 2.94. The molecule has 0 N–H and O–H groups in total. The summed E-state index contributed by atoms with van der Waals surface area (Å²) in [4.78, 5) is 58.5. The largest absolute Gasteiger partial charge is 0.462 e. The van der Waals surface area contributed by atoms with Gasteiger partial charge in [0.1, 0.15) is 11.5 Å². The smallest absolute Gasteiger partial charge is 0.374 e. The second-order valence-corrected chi connectivity index (χ2v) is 8.75. The molecule has 0 fully saturated rings. The van der Waals surface area contributed by atoms with Crippen LogP contribution in [0.15, 0.2) is 84.9 Å². The van der Waals surface area contributed by atoms with Crippen molar-refractivity contribution < 1.29 is 42.9 Å². The number of benzene rings is 3. The Morgan fingerprint density at radius 3 is 1.38 bits per heavy atom. The van der Waals surface area contributed by atoms with E-state index in [4.69, 9.17) is 18.9 Å². The molecule has 0 spiro atoms. The number of ether oxygens (including phenoxy) is 4. The van der Waals surface area contributed by atoms with E-state index >= 15 is 0 Å². The summed E-state index contributed by atoms with van der Waals surface area (Å²) in [5, 5.41) is 0. The van der Waals surface area contributed by atoms with E-state index in [9.17, 15) is 24.0 Å². The Balaban J connectivity index is 1.47. The molecule has 0 unspecified atom stereocenters. The summed E-state index contributed by atoms with van der Waals surface area (Å²) in [6, 6.07) is 19.3. The van der Waals surface area contributed by atoms with Crippen LogP contribution >= 0.6 is 0 Å². The van der Waals surface area contributed by atoms with Crippen LogP contribution in [0.2, 0.25) is 0 Å². The zero-order valence-corrected chi connectivity index (χ0v) is 22.1. The summed E-state index contributed by atoms with van der Waals surface area (Å²) >= 11 is 0. The van der Waals surface area contributed by atoms with Gasteiger partial charge in [0, 0.05) is 25.3 Å². The van der Waals surface area contributed by atoms with Crippen molar-refractivity contribution in [2.45, 2.75) is 26.7 Å². The fourth-order valence-electron chi connectivity index (χ4n) is 3.27. The molecule has 0 radical (unpaired) electrons. The Morgan fingerprint density at radius 2 is 0.950 bits per heavy atom. The fourth-order valence-corrected chi connectivity index (χ4v) is 3.27. The summed E-state index contributed by atoms with van der Waals surface area (Å²) in [6.45, 7) is 6.52. The predicted octanol–water partition coefficient (Wildman–Crippen LogP) is 4.46. The number of esters is 4. The van der Waals surface area contributed by atoms with Gasteiger partial charge in [-0.3, -0.25) is 4.79 Å². The summed E-state index contributed by atoms with van der Waals surface area (Å²) in [5.41, 5.74) is 2.66. The fraction of sp³-hybridized carbons (Fsp3) is 0.194. The maximum atomic E-state index is 12.5. The van der Waals surface area contributed by atoms with Gasteiger partial charge in [0.2, 0.25) is 5.78 Å². The molecule has 0 atom stereocenters. The second kappa shape index (κ2) is 14.2. The normalized spacial score (nSPS) is 10.2. The SMILES string of the molecule is C=C(C)C(=O)OCCc1ccc(C(=O)Oc2ccc(C(=O)Oc3ccc(CCOC(=O)C(C)=O)cc3)cc2)cc1. The first-order valence-corrected chi connectivity index (χ1v) is 12.3. The van der Waals surface area contributed by atoms with Crippen LogP contribution in [-0.2, 0) is 36.7 Å². The van der Waals surface area contributed by atoms with Gasteiger partial charge in [-0.2, -0.15) is 0 Å². The van der Waals surface area contributed by atoms with E-state index in [1.807, 2.05) is 0 Å². The summed E-state index contributed by atoms with van der Waals surface area (Å²) in [6.07, 6.45) is 0.903. The molecular weight excluding hydrogens is 516 g/mol. The molecule has 0 amide bonds. The highest BCUT2D eigenvalue weighted by Crippen LogP contribution is 2.18. The maximum Gasteiger partial charge on any atom is 0.374 e. The highest BCUT2D eigenvalue weighted by Gasteiger charge is 2.13. The van der Waals surface area contributed by atoms with Crippen molar-refractivity contribution in [3.63, 3.8) is 0 Å². The first-order valence-electron chi connectivity index (χ1n) is 12.3. The van der Waals surface area contributed by atoms with Crippen molar-refractivity contribution in [3.8, 4) is 11.5 Å². The van der Waals surface area contributed by atoms with E-state index in [1.165, 1.54) is 24.3 Å². The molecule has 206 valence electrons. The number of hydrogen-bond acceptors (Lipinski definition) is 9. The number of Topliss-reactive ketones (excluding diaryl/α,β-unsaturated/α-hetero) is 1. The number of ketones is 1. The van der Waals surface area contributed by atoms with Gasteiger partial charge in [-0.15, -0.1) is 0 Å². The van der Waals surface area contributed by atoms with Gasteiger partial charge >= 0.3 is 23.9 Å². The Bertz CT molecular complexity index is 1390. The van der Waals surface area contributed by atoms with Crippen molar-refractivity contribution >= 4 is 29.7 Å². The number of carbonyl (C=O) groups excluding carboxylic acids is 5. The third-order valence-electron chi connectivity index (χ3n) is 5.51. The Morgan fingerprint density at radius 1 is 0.575 bits per heavy atom. The molecule has 0 saturated carbocycles. The highest BCUT2D eigenvalue weighted by atomic mass is 16.5. The lowest BCUT2D eigenvalue weighted by Crippen LogP contribution is -2.15. The molecular formula is C31H28O9. The van der Waals surface area contributed by atoms with Crippen LogP contribution in [0.5, 0.6) is 11.5 Å². The van der Waals surface area contributed by atoms with Crippen LogP contribution in [0.25, 0.3) is 0 Å². The van der Waals surface area contributed by atoms with E-state index in [0.29, 0.717) is 29.7 Å². The summed E-state index contributed by atoms with van der Waals surface area (Å²) in [5.74, 6) is -2.56. The third kappa shape index (κ3) is 9.05. The zero-order valence-electron chi connectivity index (χ0n) is 22.1. The van der Waals surface area contributed by atoms with Gasteiger partial charge in [0.15, 0.2) is 0 Å². The minimum Gasteiger partial charge on any atom is -0.462 e. The van der Waals surface area contributed by atoms with Crippen molar-refractivity contribution in [1.29, 1.82) is 0 Å². The topological polar surface area (TPSA) is 122 Å². The standard InChI is InChI=1S/C31H28O9/c1-20(2)28(33)37-18-16-22-4-8-24(9-5-22)30(35)40-27-14-10-25(11-15-27)31(36)39-26-12-6-23(7-13-26)17-19-38-29(34)21(3)32/h4-15H,1,16-19H2,2-3H3. The lowest BCUT2D eigenvalue weighted by molar-refractivity contribution is -0.152. The average molecular weight is 545 g/mol. The number of rotatable bonds is 12. The molecule has 0 aliphatic carbocycles. The van der Waals surface area contributed by atoms with Gasteiger partial charge in [0.25, 0.3) is 0 Å². The van der Waals surface area contributed by atoms with Crippen molar-refractivity contribution in [1.82, 2.24) is 0 Å². The zero-order chi connectivity index (χ0) is 29.1. The van der Waals surface area contributed by atoms with E-state index in [2.05, 4.69) is 6.58 Å². The van der Waals surface area contributed by atoms with Crippen molar-refractivity contribution in [2.75, 3.05) is 13.2 Å². The lowest BCUT2D eigenvalue weighted by Gasteiger charge is -2.08. The molecule has 0 aliphatic rings. The van der Waals surface area contributed by atoms with Crippen LogP contribution in [0.4, 0.5) is 0 Å². The molecule has 9 heteroatoms. The van der Waals surface area contributed by atoms with Crippen LogP contribution in [0, 0.1) is 0 Å². The highest BCUT2D eigenvalue weighted by molar-refractivity contribution is 6.32. The van der Waals surface area contributed by atoms with Crippen LogP contribution in [0.3, 0.4) is 0 Å². The van der Waals surface area contributed by atoms with E-state index in [1.54, 1.807) is 55.5 Å². The quantitative estimate of drug-likeness (QED) is 0.141. The van der Waals surface area contributed by atoms with E-state index in [-0.39, 0.29) is 24.5 Å². The van der Waals surface area contributed by atoms with Crippen LogP contribution in [-0.4, -0.2) is 42.9 Å². The van der Waals surface area contributed by atoms with Gasteiger partial charge in [-0.1, -0.05) is 30.8 Å². The monoisotopic (exact) mass is 544 g/mol. The number of hydrogen-bond donors (Lipinski definition) is 0. The van der Waals surface area contributed by atoms with Gasteiger partial charge < -0.3 is 18.9 Å². The molecule has 9 nitrogen and oxygen atoms in total. The molecule has 3 aromatic rings. The third-order valence-corrected chi connectivity index (χ3v) is 5.51. The van der Waals surface area contributed by atoms with E-state index in [0.717, 1.165) is 18.1 Å². The predicted molar refractivity (Wildman–Crippen MR) is 144 cm³/mol. The molecule has 0 saturated heterocycles. The minimum absolute atomic E-state index is 0.0641. The lowest BCUT2D eigenvalue weighted by atomic mass is 10.1. The Hall–Kier alpha value is -5.05. The molecule has 0 aromatic heterocycles. The van der Waals surface area contributed by atoms with Gasteiger partial charge in [-0.25, -0.2) is 19.2 Å². The minimum atomic E-state index is -0.877. The first kappa shape index (κ1) is 29.5. The van der Waals surface area contributed by atoms with Crippen LogP contribution < -0.4 is 9.47 Å². The maximum absolute atomic E-state index is 12.5. The Labute approximate surface area is 231 Å². The summed E-state index contributed by atoms with van der Waals surface area (Å²) < 4.78 is 20.7. The molecule has 3 rings (SSSR count). The van der Waals surface area contributed by atoms with Crippen molar-refractivity contribution in [2.24, 2.45) is 0 Å². The van der Waals surface area contributed by atoms with Gasteiger partial charge in [-0.05, 0) is 66.6 Å². The van der Waals surface area contributed by atoms with E-state index < -0.39 is 29.7 Å². The molecule has 0 bridgehead atoms. The second-order valence-electron chi connectivity index (χ2n) is 8.75. The van der Waals surface area contributed by atoms with Crippen molar-refractivity contribution in [3.05, 3.63) is 107 Å². The molecule has 0 aliphatic heterocycles. The first-order chi connectivity index (χ1) is 19.1. The Kier molecular flexibility index (Phi) is 10.5. The molecule has 0 heterocycles. The van der Waals surface area contributed by atoms with Crippen LogP contribution in [0.1, 0.15) is 45.7 Å². The van der Waals surface area contributed by atoms with Gasteiger partial charge in [0.05, 0.1) is 24.3 Å². The summed E-state index contributed by atoms with van der Waals surface area (Å²) in [7, 11) is 0.